The summed E-state index contributed by atoms with van der Waals surface area (Å²) in [6.07, 6.45) is 0. The molecular weight excluding hydrogens is 222 g/mol. The van der Waals surface area contributed by atoms with E-state index in [2.05, 4.69) is 5.32 Å². The number of hydrogen-bond acceptors (Lipinski definition) is 2. The first-order valence-electron chi connectivity index (χ1n) is 5.19. The summed E-state index contributed by atoms with van der Waals surface area (Å²) in [7, 11) is 0. The lowest BCUT2D eigenvalue weighted by Crippen LogP contribution is -2.04. The van der Waals surface area contributed by atoms with Gasteiger partial charge in [-0.05, 0) is 24.3 Å². The molecule has 0 spiro atoms. The average Bonchev–Trinajstić information content (AvgIpc) is 2.30. The van der Waals surface area contributed by atoms with Gasteiger partial charge in [0.05, 0.1) is 11.4 Å². The van der Waals surface area contributed by atoms with Gasteiger partial charge in [0, 0.05) is 12.1 Å². The van der Waals surface area contributed by atoms with Crippen LogP contribution in [0.25, 0.3) is 0 Å². The first-order valence-corrected chi connectivity index (χ1v) is 5.19. The molecule has 0 saturated carbocycles. The Morgan fingerprint density at radius 1 is 1.06 bits per heavy atom. The number of hydrogen-bond donors (Lipinski definition) is 2. The van der Waals surface area contributed by atoms with Crippen molar-refractivity contribution in [3.8, 4) is 0 Å². The lowest BCUT2D eigenvalue weighted by atomic mass is 10.2. The summed E-state index contributed by atoms with van der Waals surface area (Å²) in [6.45, 7) is 0.308. The molecule has 2 rings (SSSR count). The van der Waals surface area contributed by atoms with Crippen molar-refractivity contribution < 1.29 is 8.78 Å². The summed E-state index contributed by atoms with van der Waals surface area (Å²) in [4.78, 5) is 0. The fourth-order valence-electron chi connectivity index (χ4n) is 1.53. The van der Waals surface area contributed by atoms with Gasteiger partial charge in [-0.25, -0.2) is 8.78 Å². The maximum absolute atomic E-state index is 13.3. The number of benzene rings is 2. The minimum atomic E-state index is -0.390. The van der Waals surface area contributed by atoms with Crippen molar-refractivity contribution in [2.24, 2.45) is 0 Å². The Hall–Kier alpha value is -2.10. The van der Waals surface area contributed by atoms with Crippen LogP contribution < -0.4 is 11.1 Å². The van der Waals surface area contributed by atoms with Gasteiger partial charge in [0.15, 0.2) is 0 Å². The van der Waals surface area contributed by atoms with Gasteiger partial charge >= 0.3 is 0 Å². The predicted octanol–water partition coefficient (Wildman–Crippen LogP) is 3.16. The van der Waals surface area contributed by atoms with Crippen molar-refractivity contribution in [1.29, 1.82) is 0 Å². The highest BCUT2D eigenvalue weighted by molar-refractivity contribution is 5.65. The molecule has 17 heavy (non-hydrogen) atoms. The molecule has 4 heteroatoms. The van der Waals surface area contributed by atoms with E-state index in [0.717, 1.165) is 0 Å². The number of halogens is 2. The van der Waals surface area contributed by atoms with Crippen LogP contribution in [0.4, 0.5) is 20.2 Å². The van der Waals surface area contributed by atoms with E-state index in [-0.39, 0.29) is 11.6 Å². The van der Waals surface area contributed by atoms with Crippen molar-refractivity contribution in [3.63, 3.8) is 0 Å². The summed E-state index contributed by atoms with van der Waals surface area (Å²) in [5.74, 6) is -0.667. The van der Waals surface area contributed by atoms with E-state index in [4.69, 9.17) is 5.73 Å². The fraction of sp³-hybridized carbons (Fsp3) is 0.0769. The lowest BCUT2D eigenvalue weighted by Gasteiger charge is -2.09. The molecule has 2 aromatic rings. The molecule has 0 aromatic heterocycles. The third kappa shape index (κ3) is 2.72. The number of nitrogen functional groups attached to an aromatic ring is 1. The molecule has 0 aliphatic rings. The average molecular weight is 234 g/mol. The first-order chi connectivity index (χ1) is 8.16. The number of rotatable bonds is 3. The summed E-state index contributed by atoms with van der Waals surface area (Å²) in [6, 6.07) is 10.5. The summed E-state index contributed by atoms with van der Waals surface area (Å²) < 4.78 is 26.1. The molecule has 0 fully saturated rings. The van der Waals surface area contributed by atoms with Gasteiger partial charge in [-0.1, -0.05) is 18.2 Å². The number of anilines is 2. The van der Waals surface area contributed by atoms with Crippen LogP contribution in [0.2, 0.25) is 0 Å². The van der Waals surface area contributed by atoms with Crippen molar-refractivity contribution >= 4 is 11.4 Å². The second-order valence-corrected chi connectivity index (χ2v) is 3.68. The van der Waals surface area contributed by atoms with E-state index >= 15 is 0 Å². The quantitative estimate of drug-likeness (QED) is 0.800. The van der Waals surface area contributed by atoms with E-state index in [9.17, 15) is 8.78 Å². The Balaban J connectivity index is 2.10. The molecular formula is C13H12F2N2. The van der Waals surface area contributed by atoms with Gasteiger partial charge in [0.1, 0.15) is 11.6 Å². The topological polar surface area (TPSA) is 38.0 Å². The largest absolute Gasteiger partial charge is 0.397 e. The standard InChI is InChI=1S/C13H12F2N2/c14-10-5-6-13(12(16)7-10)17-8-9-3-1-2-4-11(9)15/h1-7,17H,8,16H2. The van der Waals surface area contributed by atoms with Gasteiger partial charge in [-0.3, -0.25) is 0 Å². The molecule has 0 aliphatic heterocycles. The van der Waals surface area contributed by atoms with Crippen LogP contribution in [0, 0.1) is 11.6 Å². The minimum Gasteiger partial charge on any atom is -0.397 e. The Morgan fingerprint density at radius 2 is 1.82 bits per heavy atom. The van der Waals surface area contributed by atoms with Crippen LogP contribution in [0.3, 0.4) is 0 Å². The molecule has 0 bridgehead atoms. The van der Waals surface area contributed by atoms with Crippen LogP contribution >= 0.6 is 0 Å². The number of nitrogens with one attached hydrogen (secondary N) is 1. The van der Waals surface area contributed by atoms with E-state index in [0.29, 0.717) is 23.5 Å². The minimum absolute atomic E-state index is 0.277. The Morgan fingerprint density at radius 3 is 2.53 bits per heavy atom. The lowest BCUT2D eigenvalue weighted by molar-refractivity contribution is 0.613. The van der Waals surface area contributed by atoms with E-state index in [1.807, 2.05) is 0 Å². The van der Waals surface area contributed by atoms with Crippen LogP contribution in [-0.2, 0) is 6.54 Å². The smallest absolute Gasteiger partial charge is 0.128 e. The summed E-state index contributed by atoms with van der Waals surface area (Å²) in [5, 5.41) is 2.97. The van der Waals surface area contributed by atoms with Crippen LogP contribution in [-0.4, -0.2) is 0 Å². The maximum Gasteiger partial charge on any atom is 0.128 e. The normalized spacial score (nSPS) is 10.2. The molecule has 0 aliphatic carbocycles. The Labute approximate surface area is 98.1 Å². The van der Waals surface area contributed by atoms with Gasteiger partial charge in [0.2, 0.25) is 0 Å². The molecule has 2 aromatic carbocycles. The van der Waals surface area contributed by atoms with Crippen LogP contribution in [0.5, 0.6) is 0 Å². The van der Waals surface area contributed by atoms with E-state index in [1.54, 1.807) is 18.2 Å². The Bertz CT molecular complexity index is 527. The van der Waals surface area contributed by atoms with Gasteiger partial charge < -0.3 is 11.1 Å². The summed E-state index contributed by atoms with van der Waals surface area (Å²) in [5.41, 5.74) is 7.06. The second-order valence-electron chi connectivity index (χ2n) is 3.68. The van der Waals surface area contributed by atoms with Crippen molar-refractivity contribution in [1.82, 2.24) is 0 Å². The third-order valence-electron chi connectivity index (χ3n) is 2.44. The van der Waals surface area contributed by atoms with E-state index < -0.39 is 0 Å². The molecule has 0 atom stereocenters. The van der Waals surface area contributed by atoms with Crippen LogP contribution in [0.1, 0.15) is 5.56 Å². The Kier molecular flexibility index (Phi) is 3.23. The van der Waals surface area contributed by atoms with Gasteiger partial charge in [-0.2, -0.15) is 0 Å². The zero-order chi connectivity index (χ0) is 12.3. The van der Waals surface area contributed by atoms with Gasteiger partial charge in [-0.15, -0.1) is 0 Å². The van der Waals surface area contributed by atoms with Crippen molar-refractivity contribution in [3.05, 3.63) is 59.7 Å². The fourth-order valence-corrected chi connectivity index (χ4v) is 1.53. The SMILES string of the molecule is Nc1cc(F)ccc1NCc1ccccc1F. The van der Waals surface area contributed by atoms with Gasteiger partial charge in [0.25, 0.3) is 0 Å². The molecule has 0 amide bonds. The first kappa shape index (κ1) is 11.4. The third-order valence-corrected chi connectivity index (χ3v) is 2.44. The van der Waals surface area contributed by atoms with E-state index in [1.165, 1.54) is 24.3 Å². The molecule has 0 radical (unpaired) electrons. The van der Waals surface area contributed by atoms with Crippen molar-refractivity contribution in [2.45, 2.75) is 6.54 Å². The summed E-state index contributed by atoms with van der Waals surface area (Å²) >= 11 is 0. The molecule has 88 valence electrons. The molecule has 0 heterocycles. The highest BCUT2D eigenvalue weighted by atomic mass is 19.1. The highest BCUT2D eigenvalue weighted by Gasteiger charge is 2.03. The van der Waals surface area contributed by atoms with Crippen molar-refractivity contribution in [2.75, 3.05) is 11.1 Å². The van der Waals surface area contributed by atoms with Crippen LogP contribution in [0.15, 0.2) is 42.5 Å². The number of nitrogens with two attached hydrogens (primary N) is 1. The highest BCUT2D eigenvalue weighted by Crippen LogP contribution is 2.20. The molecule has 3 N–H and O–H groups in total. The second kappa shape index (κ2) is 4.82. The monoisotopic (exact) mass is 234 g/mol. The zero-order valence-electron chi connectivity index (χ0n) is 9.08. The zero-order valence-corrected chi connectivity index (χ0v) is 9.08. The molecule has 0 unspecified atom stereocenters. The maximum atomic E-state index is 13.3. The predicted molar refractivity (Wildman–Crippen MR) is 64.5 cm³/mol. The molecule has 0 saturated heterocycles. The molecule has 2 nitrogen and oxygen atoms in total.